The van der Waals surface area contributed by atoms with Crippen LogP contribution in [0.2, 0.25) is 0 Å². The first-order valence-electron chi connectivity index (χ1n) is 5.77. The molecule has 0 spiro atoms. The first kappa shape index (κ1) is 15.1. The molecule has 20 heavy (non-hydrogen) atoms. The molecule has 0 saturated heterocycles. The van der Waals surface area contributed by atoms with Gasteiger partial charge in [0.2, 0.25) is 0 Å². The molecule has 4 nitrogen and oxygen atoms in total. The average Bonchev–Trinajstić information content (AvgIpc) is 2.41. The molecule has 0 aromatic heterocycles. The molecule has 0 unspecified atom stereocenters. The molecular weight excluding hydrogens is 391 g/mol. The number of aryl methyl sites for hydroxylation is 1. The van der Waals surface area contributed by atoms with Crippen LogP contribution in [0.5, 0.6) is 11.5 Å². The van der Waals surface area contributed by atoms with Gasteiger partial charge in [-0.25, -0.2) is 0 Å². The Balaban J connectivity index is 2.36. The first-order chi connectivity index (χ1) is 9.44. The van der Waals surface area contributed by atoms with Gasteiger partial charge in [0.05, 0.1) is 10.7 Å². The summed E-state index contributed by atoms with van der Waals surface area (Å²) in [6, 6.07) is 11.5. The molecule has 0 saturated carbocycles. The Kier molecular flexibility index (Phi) is 4.54. The second-order valence-electron chi connectivity index (χ2n) is 4.12. The van der Waals surface area contributed by atoms with Crippen LogP contribution < -0.4 is 8.92 Å². The van der Waals surface area contributed by atoms with Crippen molar-refractivity contribution in [1.29, 1.82) is 0 Å². The lowest BCUT2D eigenvalue weighted by Crippen LogP contribution is -2.10. The highest BCUT2D eigenvalue weighted by Crippen LogP contribution is 2.31. The van der Waals surface area contributed by atoms with Crippen molar-refractivity contribution in [3.63, 3.8) is 0 Å². The van der Waals surface area contributed by atoms with E-state index in [4.69, 9.17) is 8.92 Å². The molecule has 0 fully saturated rings. The van der Waals surface area contributed by atoms with Crippen LogP contribution in [0.15, 0.2) is 47.4 Å². The van der Waals surface area contributed by atoms with Gasteiger partial charge in [0.25, 0.3) is 0 Å². The topological polar surface area (TPSA) is 52.6 Å². The molecule has 0 atom stereocenters. The molecule has 0 aliphatic carbocycles. The monoisotopic (exact) mass is 404 g/mol. The van der Waals surface area contributed by atoms with E-state index in [2.05, 4.69) is 0 Å². The van der Waals surface area contributed by atoms with Gasteiger partial charge in [-0.05, 0) is 53.8 Å². The summed E-state index contributed by atoms with van der Waals surface area (Å²) in [4.78, 5) is 0.127. The normalized spacial score (nSPS) is 11.2. The third kappa shape index (κ3) is 3.24. The van der Waals surface area contributed by atoms with Gasteiger partial charge >= 0.3 is 10.1 Å². The molecule has 106 valence electrons. The van der Waals surface area contributed by atoms with Gasteiger partial charge in [-0.1, -0.05) is 23.8 Å². The molecule has 0 bridgehead atoms. The third-order valence-electron chi connectivity index (χ3n) is 2.66. The van der Waals surface area contributed by atoms with Gasteiger partial charge in [0.15, 0.2) is 5.75 Å². The highest BCUT2D eigenvalue weighted by atomic mass is 127. The van der Waals surface area contributed by atoms with Crippen molar-refractivity contribution in [2.24, 2.45) is 0 Å². The van der Waals surface area contributed by atoms with Crippen molar-refractivity contribution >= 4 is 32.7 Å². The summed E-state index contributed by atoms with van der Waals surface area (Å²) in [5.74, 6) is 0.827. The van der Waals surface area contributed by atoms with Crippen LogP contribution in [0.4, 0.5) is 0 Å². The molecule has 2 rings (SSSR count). The average molecular weight is 404 g/mol. The van der Waals surface area contributed by atoms with Crippen molar-refractivity contribution in [2.45, 2.75) is 11.8 Å². The van der Waals surface area contributed by atoms with E-state index in [-0.39, 0.29) is 10.6 Å². The largest absolute Gasteiger partial charge is 0.496 e. The summed E-state index contributed by atoms with van der Waals surface area (Å²) >= 11 is 1.99. The Morgan fingerprint density at radius 2 is 1.60 bits per heavy atom. The van der Waals surface area contributed by atoms with E-state index in [1.807, 2.05) is 29.5 Å². The van der Waals surface area contributed by atoms with E-state index in [1.165, 1.54) is 19.2 Å². The SMILES string of the molecule is COc1cccc(OS(=O)(=O)c2ccc(C)cc2)c1I. The second kappa shape index (κ2) is 6.01. The molecule has 0 aliphatic heterocycles. The molecule has 0 radical (unpaired) electrons. The lowest BCUT2D eigenvalue weighted by Gasteiger charge is -2.11. The van der Waals surface area contributed by atoms with E-state index < -0.39 is 10.1 Å². The zero-order valence-corrected chi connectivity index (χ0v) is 13.9. The Bertz CT molecular complexity index is 708. The number of methoxy groups -OCH3 is 1. The Labute approximate surface area is 132 Å². The summed E-state index contributed by atoms with van der Waals surface area (Å²) in [6.07, 6.45) is 0. The number of hydrogen-bond acceptors (Lipinski definition) is 4. The number of benzene rings is 2. The van der Waals surface area contributed by atoms with Crippen LogP contribution in [0.3, 0.4) is 0 Å². The lowest BCUT2D eigenvalue weighted by molar-refractivity contribution is 0.408. The van der Waals surface area contributed by atoms with Gasteiger partial charge in [0, 0.05) is 0 Å². The van der Waals surface area contributed by atoms with Gasteiger partial charge in [-0.15, -0.1) is 0 Å². The quantitative estimate of drug-likeness (QED) is 0.579. The van der Waals surface area contributed by atoms with Gasteiger partial charge in [0.1, 0.15) is 10.6 Å². The zero-order valence-electron chi connectivity index (χ0n) is 11.0. The molecule has 2 aromatic rings. The molecule has 6 heteroatoms. The van der Waals surface area contributed by atoms with Gasteiger partial charge < -0.3 is 8.92 Å². The predicted octanol–water partition coefficient (Wildman–Crippen LogP) is 3.38. The molecule has 0 N–H and O–H groups in total. The van der Waals surface area contributed by atoms with Crippen LogP contribution in [-0.4, -0.2) is 15.5 Å². The minimum Gasteiger partial charge on any atom is -0.496 e. The number of rotatable bonds is 4. The number of hydrogen-bond donors (Lipinski definition) is 0. The predicted molar refractivity (Wildman–Crippen MR) is 84.7 cm³/mol. The Morgan fingerprint density at radius 3 is 2.20 bits per heavy atom. The van der Waals surface area contributed by atoms with E-state index in [0.717, 1.165) is 5.56 Å². The van der Waals surface area contributed by atoms with Crippen molar-refractivity contribution < 1.29 is 17.3 Å². The van der Waals surface area contributed by atoms with E-state index in [1.54, 1.807) is 30.3 Å². The molecule has 0 amide bonds. The minimum absolute atomic E-state index is 0.127. The summed E-state index contributed by atoms with van der Waals surface area (Å²) in [7, 11) is -2.31. The highest BCUT2D eigenvalue weighted by Gasteiger charge is 2.19. The minimum atomic E-state index is -3.84. The highest BCUT2D eigenvalue weighted by molar-refractivity contribution is 14.1. The van der Waals surface area contributed by atoms with Crippen LogP contribution in [-0.2, 0) is 10.1 Å². The Hall–Kier alpha value is -1.28. The summed E-state index contributed by atoms with van der Waals surface area (Å²) in [6.45, 7) is 1.89. The molecule has 0 aliphatic rings. The van der Waals surface area contributed by atoms with Crippen LogP contribution in [0, 0.1) is 10.5 Å². The molecule has 2 aromatic carbocycles. The maximum absolute atomic E-state index is 12.2. The second-order valence-corrected chi connectivity index (χ2v) is 6.75. The number of ether oxygens (including phenoxy) is 1. The molecule has 0 heterocycles. The Morgan fingerprint density at radius 1 is 1.00 bits per heavy atom. The zero-order chi connectivity index (χ0) is 14.8. The lowest BCUT2D eigenvalue weighted by atomic mass is 10.2. The van der Waals surface area contributed by atoms with Crippen molar-refractivity contribution in [1.82, 2.24) is 0 Å². The number of halogens is 1. The van der Waals surface area contributed by atoms with E-state index in [9.17, 15) is 8.42 Å². The third-order valence-corrected chi connectivity index (χ3v) is 4.97. The van der Waals surface area contributed by atoms with E-state index >= 15 is 0 Å². The fourth-order valence-corrected chi connectivity index (χ4v) is 3.36. The van der Waals surface area contributed by atoms with Crippen LogP contribution in [0.25, 0.3) is 0 Å². The standard InChI is InChI=1S/C14H13IO4S/c1-10-6-8-11(9-7-10)20(16,17)19-13-5-3-4-12(18-2)14(13)15/h3-9H,1-2H3. The van der Waals surface area contributed by atoms with Crippen molar-refractivity contribution in [3.8, 4) is 11.5 Å². The molecular formula is C14H13IO4S. The summed E-state index contributed by atoms with van der Waals surface area (Å²) in [5, 5.41) is 0. The summed E-state index contributed by atoms with van der Waals surface area (Å²) < 4.78 is 35.3. The van der Waals surface area contributed by atoms with Gasteiger partial charge in [-0.3, -0.25) is 0 Å². The van der Waals surface area contributed by atoms with Crippen molar-refractivity contribution in [3.05, 3.63) is 51.6 Å². The van der Waals surface area contributed by atoms with E-state index in [0.29, 0.717) is 9.32 Å². The van der Waals surface area contributed by atoms with Crippen LogP contribution >= 0.6 is 22.6 Å². The summed E-state index contributed by atoms with van der Waals surface area (Å²) in [5.41, 5.74) is 0.986. The van der Waals surface area contributed by atoms with Crippen LogP contribution in [0.1, 0.15) is 5.56 Å². The van der Waals surface area contributed by atoms with Crippen molar-refractivity contribution in [2.75, 3.05) is 7.11 Å². The fraction of sp³-hybridized carbons (Fsp3) is 0.143. The fourth-order valence-electron chi connectivity index (χ4n) is 1.58. The smallest absolute Gasteiger partial charge is 0.339 e. The maximum Gasteiger partial charge on any atom is 0.339 e. The first-order valence-corrected chi connectivity index (χ1v) is 8.26. The van der Waals surface area contributed by atoms with Gasteiger partial charge in [-0.2, -0.15) is 8.42 Å². The maximum atomic E-state index is 12.2.